The van der Waals surface area contributed by atoms with Crippen molar-refractivity contribution in [2.24, 2.45) is 0 Å². The van der Waals surface area contributed by atoms with E-state index in [2.05, 4.69) is 45.0 Å². The maximum absolute atomic E-state index is 12.7. The first-order valence-electron chi connectivity index (χ1n) is 16.2. The molecule has 0 spiro atoms. The molecule has 2 aliphatic rings. The Hall–Kier alpha value is -4.08. The zero-order valence-electron chi connectivity index (χ0n) is 27.0. The summed E-state index contributed by atoms with van der Waals surface area (Å²) in [6.07, 6.45) is 10.5. The molecule has 12 heteroatoms. The lowest BCUT2D eigenvalue weighted by Gasteiger charge is -2.40. The molecule has 4 aromatic rings. The van der Waals surface area contributed by atoms with E-state index < -0.39 is 5.60 Å². The summed E-state index contributed by atoms with van der Waals surface area (Å²) in [4.78, 5) is 17.5. The van der Waals surface area contributed by atoms with E-state index in [0.717, 1.165) is 103 Å². The minimum atomic E-state index is -0.530. The highest BCUT2D eigenvalue weighted by atomic mass is 32.1. The Bertz CT molecular complexity index is 1720. The molecule has 1 amide bonds. The fraction of sp³-hybridized carbons (Fsp3) is 0.529. The van der Waals surface area contributed by atoms with E-state index in [9.17, 15) is 10.1 Å². The monoisotopic (exact) mass is 642 g/mol. The molecule has 0 bridgehead atoms. The quantitative estimate of drug-likeness (QED) is 0.206. The van der Waals surface area contributed by atoms with Gasteiger partial charge in [-0.3, -0.25) is 4.98 Å². The van der Waals surface area contributed by atoms with E-state index in [1.807, 2.05) is 49.7 Å². The number of rotatable bonds is 8. The molecular formula is C34H42N8O3S. The molecule has 5 heterocycles. The molecule has 0 radical (unpaired) electrons. The number of amides is 1. The van der Waals surface area contributed by atoms with Crippen molar-refractivity contribution in [3.05, 3.63) is 47.2 Å². The lowest BCUT2D eigenvalue weighted by molar-refractivity contribution is 0.0409. The van der Waals surface area contributed by atoms with Crippen LogP contribution in [0.5, 0.6) is 0 Å². The van der Waals surface area contributed by atoms with Crippen LogP contribution in [0, 0.1) is 11.3 Å². The van der Waals surface area contributed by atoms with Crippen LogP contribution in [0.15, 0.2) is 36.7 Å². The first-order valence-corrected chi connectivity index (χ1v) is 17.0. The van der Waals surface area contributed by atoms with Gasteiger partial charge in [-0.25, -0.2) is 9.31 Å². The van der Waals surface area contributed by atoms with Gasteiger partial charge in [0.1, 0.15) is 16.7 Å². The second kappa shape index (κ2) is 13.3. The predicted octanol–water partition coefficient (Wildman–Crippen LogP) is 7.10. The number of aromatic nitrogens is 5. The lowest BCUT2D eigenvalue weighted by Crippen LogP contribution is -2.51. The van der Waals surface area contributed by atoms with Crippen LogP contribution in [0.25, 0.3) is 27.5 Å². The summed E-state index contributed by atoms with van der Waals surface area (Å²) in [5, 5.41) is 32.0. The average Bonchev–Trinajstić information content (AvgIpc) is 3.69. The van der Waals surface area contributed by atoms with Gasteiger partial charge < -0.3 is 20.1 Å². The standard InChI is InChI=1S/C34H42N8O3S/c1-5-12-34(39-32(43)45-33(2,3)4)13-8-23(9-14-34)30-40-41-31(46-30)26-21-36-28(18-27(26)38-24-10-15-44-16-11-24)29-7-6-25-17-22(19-35)20-37-42(25)29/h6-7,17-18,20-21,23-24H,5,8-16H2,1-4H3,(H,36,38)(H,39,43). The van der Waals surface area contributed by atoms with Crippen molar-refractivity contribution < 1.29 is 14.3 Å². The van der Waals surface area contributed by atoms with E-state index in [1.165, 1.54) is 0 Å². The minimum Gasteiger partial charge on any atom is -0.444 e. The van der Waals surface area contributed by atoms with Crippen molar-refractivity contribution in [2.45, 2.75) is 102 Å². The summed E-state index contributed by atoms with van der Waals surface area (Å²) in [5.74, 6) is 0.285. The molecule has 0 atom stereocenters. The van der Waals surface area contributed by atoms with E-state index in [0.29, 0.717) is 5.56 Å². The highest BCUT2D eigenvalue weighted by molar-refractivity contribution is 7.14. The fourth-order valence-corrected chi connectivity index (χ4v) is 7.60. The summed E-state index contributed by atoms with van der Waals surface area (Å²) in [7, 11) is 0. The van der Waals surface area contributed by atoms with Gasteiger partial charge in [0.2, 0.25) is 0 Å². The number of carbonyl (C=O) groups excluding carboxylic acids is 1. The molecule has 46 heavy (non-hydrogen) atoms. The number of hydrogen-bond acceptors (Lipinski definition) is 10. The van der Waals surface area contributed by atoms with Gasteiger partial charge >= 0.3 is 6.09 Å². The number of pyridine rings is 1. The molecule has 11 nitrogen and oxygen atoms in total. The summed E-state index contributed by atoms with van der Waals surface area (Å²) < 4.78 is 13.0. The van der Waals surface area contributed by atoms with Gasteiger partial charge in [0, 0.05) is 42.6 Å². The molecule has 1 aliphatic carbocycles. The third-order valence-electron chi connectivity index (χ3n) is 8.83. The van der Waals surface area contributed by atoms with Crippen LogP contribution in [0.1, 0.15) is 95.6 Å². The lowest BCUT2D eigenvalue weighted by atomic mass is 9.74. The molecule has 0 unspecified atom stereocenters. The van der Waals surface area contributed by atoms with Crippen LogP contribution in [0.4, 0.5) is 10.5 Å². The zero-order valence-corrected chi connectivity index (χ0v) is 27.8. The highest BCUT2D eigenvalue weighted by Crippen LogP contribution is 2.43. The molecule has 1 saturated carbocycles. The van der Waals surface area contributed by atoms with Crippen molar-refractivity contribution in [3.63, 3.8) is 0 Å². The van der Waals surface area contributed by atoms with E-state index >= 15 is 0 Å². The number of nitrogens with zero attached hydrogens (tertiary/aromatic N) is 6. The van der Waals surface area contributed by atoms with E-state index in [1.54, 1.807) is 17.5 Å². The summed E-state index contributed by atoms with van der Waals surface area (Å²) in [6.45, 7) is 9.29. The van der Waals surface area contributed by atoms with Gasteiger partial charge in [-0.05, 0) is 90.0 Å². The highest BCUT2D eigenvalue weighted by Gasteiger charge is 2.38. The van der Waals surface area contributed by atoms with Crippen LogP contribution >= 0.6 is 11.3 Å². The number of nitriles is 1. The Morgan fingerprint density at radius 2 is 1.93 bits per heavy atom. The molecular weight excluding hydrogens is 600 g/mol. The number of fused-ring (bicyclic) bond motifs is 1. The molecule has 2 N–H and O–H groups in total. The number of hydrogen-bond donors (Lipinski definition) is 2. The van der Waals surface area contributed by atoms with Crippen molar-refractivity contribution in [2.75, 3.05) is 18.5 Å². The Morgan fingerprint density at radius 3 is 2.65 bits per heavy atom. The number of alkyl carbamates (subject to hydrolysis) is 1. The van der Waals surface area contributed by atoms with Gasteiger partial charge in [-0.1, -0.05) is 24.7 Å². The maximum Gasteiger partial charge on any atom is 0.408 e. The maximum atomic E-state index is 12.7. The smallest absolute Gasteiger partial charge is 0.408 e. The Kier molecular flexibility index (Phi) is 9.25. The third-order valence-corrected chi connectivity index (χ3v) is 9.95. The van der Waals surface area contributed by atoms with Crippen LogP contribution in [0.3, 0.4) is 0 Å². The molecule has 6 rings (SSSR count). The first-order chi connectivity index (χ1) is 22.1. The van der Waals surface area contributed by atoms with Crippen molar-refractivity contribution >= 4 is 28.6 Å². The first kappa shape index (κ1) is 31.9. The molecule has 242 valence electrons. The predicted molar refractivity (Wildman–Crippen MR) is 178 cm³/mol. The number of ether oxygens (including phenoxy) is 2. The number of anilines is 1. The van der Waals surface area contributed by atoms with Gasteiger partial charge in [0.15, 0.2) is 5.01 Å². The fourth-order valence-electron chi connectivity index (χ4n) is 6.56. The number of nitrogens with one attached hydrogen (secondary N) is 2. The molecule has 0 aromatic carbocycles. The summed E-state index contributed by atoms with van der Waals surface area (Å²) in [6, 6.07) is 10.2. The van der Waals surface area contributed by atoms with E-state index in [-0.39, 0.29) is 23.6 Å². The van der Waals surface area contributed by atoms with Crippen molar-refractivity contribution in [1.29, 1.82) is 5.26 Å². The molecule has 4 aromatic heterocycles. The summed E-state index contributed by atoms with van der Waals surface area (Å²) in [5.41, 5.74) is 4.06. The van der Waals surface area contributed by atoms with Crippen LogP contribution in [-0.4, -0.2) is 61.3 Å². The van der Waals surface area contributed by atoms with Crippen LogP contribution in [-0.2, 0) is 9.47 Å². The van der Waals surface area contributed by atoms with Gasteiger partial charge in [-0.2, -0.15) is 10.4 Å². The second-order valence-electron chi connectivity index (χ2n) is 13.4. The normalized spacial score (nSPS) is 20.7. The average molecular weight is 643 g/mol. The van der Waals surface area contributed by atoms with Crippen molar-refractivity contribution in [1.82, 2.24) is 30.1 Å². The topological polar surface area (TPSA) is 139 Å². The van der Waals surface area contributed by atoms with E-state index in [4.69, 9.17) is 14.5 Å². The van der Waals surface area contributed by atoms with Crippen LogP contribution in [0.2, 0.25) is 0 Å². The van der Waals surface area contributed by atoms with Gasteiger partial charge in [0.05, 0.1) is 34.2 Å². The largest absolute Gasteiger partial charge is 0.444 e. The van der Waals surface area contributed by atoms with Crippen molar-refractivity contribution in [3.8, 4) is 28.0 Å². The molecule has 1 saturated heterocycles. The van der Waals surface area contributed by atoms with Gasteiger partial charge in [-0.15, -0.1) is 10.2 Å². The minimum absolute atomic E-state index is 0.254. The number of carbonyl (C=O) groups is 1. The molecule has 1 aliphatic heterocycles. The SMILES string of the molecule is CCCC1(NC(=O)OC(C)(C)C)CCC(c2nnc(-c3cnc(-c4ccc5cc(C#N)cnn45)cc3NC3CCOCC3)s2)CC1. The Balaban J connectivity index is 1.24. The molecule has 2 fully saturated rings. The summed E-state index contributed by atoms with van der Waals surface area (Å²) >= 11 is 1.63. The Labute approximate surface area is 273 Å². The Morgan fingerprint density at radius 1 is 1.15 bits per heavy atom. The second-order valence-corrected chi connectivity index (χ2v) is 14.4. The zero-order chi connectivity index (χ0) is 32.3. The third kappa shape index (κ3) is 7.16. The van der Waals surface area contributed by atoms with Crippen LogP contribution < -0.4 is 10.6 Å². The van der Waals surface area contributed by atoms with Gasteiger partial charge in [0.25, 0.3) is 0 Å².